The van der Waals surface area contributed by atoms with Gasteiger partial charge < -0.3 is 14.8 Å². The summed E-state index contributed by atoms with van der Waals surface area (Å²) in [7, 11) is 0. The third-order valence-electron chi connectivity index (χ3n) is 3.92. The van der Waals surface area contributed by atoms with Crippen LogP contribution >= 0.6 is 0 Å². The van der Waals surface area contributed by atoms with Gasteiger partial charge in [-0.05, 0) is 24.0 Å². The van der Waals surface area contributed by atoms with Crippen molar-refractivity contribution < 1.29 is 14.6 Å². The zero-order chi connectivity index (χ0) is 15.0. The van der Waals surface area contributed by atoms with Crippen molar-refractivity contribution in [1.82, 2.24) is 10.3 Å². The van der Waals surface area contributed by atoms with Gasteiger partial charge in [0.25, 0.3) is 0 Å². The average Bonchev–Trinajstić information content (AvgIpc) is 2.77. The molecule has 3 N–H and O–H groups in total. The highest BCUT2D eigenvalue weighted by Gasteiger charge is 2.31. The maximum absolute atomic E-state index is 10.8. The van der Waals surface area contributed by atoms with Crippen LogP contribution in [0.15, 0.2) is 24.3 Å². The molecule has 21 heavy (non-hydrogen) atoms. The molecule has 2 unspecified atom stereocenters. The van der Waals surface area contributed by atoms with E-state index in [0.29, 0.717) is 12.3 Å². The summed E-state index contributed by atoms with van der Waals surface area (Å²) in [6.07, 6.45) is -0.239. The number of hydrogen-bond donors (Lipinski definition) is 3. The van der Waals surface area contributed by atoms with Crippen molar-refractivity contribution in [3.8, 4) is 0 Å². The van der Waals surface area contributed by atoms with Gasteiger partial charge in [0.2, 0.25) is 0 Å². The van der Waals surface area contributed by atoms with E-state index in [9.17, 15) is 4.79 Å². The number of rotatable bonds is 3. The minimum absolute atomic E-state index is 0.0884. The highest BCUT2D eigenvalue weighted by atomic mass is 16.7. The molecule has 2 heterocycles. The van der Waals surface area contributed by atoms with Crippen LogP contribution < -0.4 is 5.32 Å². The molecular formula is C16H20N2O3. The molecule has 112 valence electrons. The molecule has 2 aromatic rings. The molecule has 2 atom stereocenters. The van der Waals surface area contributed by atoms with Crippen molar-refractivity contribution >= 4 is 17.1 Å². The van der Waals surface area contributed by atoms with E-state index >= 15 is 0 Å². The molecule has 5 nitrogen and oxygen atoms in total. The molecule has 0 amide bonds. The maximum Gasteiger partial charge on any atom is 0.507 e. The Kier molecular flexibility index (Phi) is 3.59. The molecule has 0 spiro atoms. The normalized spacial score (nSPS) is 21.5. The summed E-state index contributed by atoms with van der Waals surface area (Å²) in [5, 5.41) is 13.3. The smallest absolute Gasteiger partial charge is 0.450 e. The van der Waals surface area contributed by atoms with Crippen molar-refractivity contribution in [3.63, 3.8) is 0 Å². The van der Waals surface area contributed by atoms with E-state index in [1.165, 1.54) is 5.56 Å². The third-order valence-corrected chi connectivity index (χ3v) is 3.92. The third kappa shape index (κ3) is 2.74. The van der Waals surface area contributed by atoms with Crippen LogP contribution in [0.5, 0.6) is 0 Å². The lowest BCUT2D eigenvalue weighted by molar-refractivity contribution is 0.0255. The van der Waals surface area contributed by atoms with Crippen molar-refractivity contribution in [2.45, 2.75) is 39.0 Å². The summed E-state index contributed by atoms with van der Waals surface area (Å²) in [4.78, 5) is 14.3. The maximum atomic E-state index is 10.8. The summed E-state index contributed by atoms with van der Waals surface area (Å²) >= 11 is 0. The first-order valence-electron chi connectivity index (χ1n) is 7.29. The second kappa shape index (κ2) is 5.41. The van der Waals surface area contributed by atoms with Gasteiger partial charge in [0.15, 0.2) is 6.23 Å². The summed E-state index contributed by atoms with van der Waals surface area (Å²) in [5.41, 5.74) is 3.42. The number of carbonyl (C=O) groups is 1. The molecule has 0 saturated heterocycles. The lowest BCUT2D eigenvalue weighted by Crippen LogP contribution is -2.42. The first kappa shape index (κ1) is 13.9. The van der Waals surface area contributed by atoms with Gasteiger partial charge in [-0.2, -0.15) is 0 Å². The number of ether oxygens (including phenoxy) is 1. The molecule has 0 saturated carbocycles. The van der Waals surface area contributed by atoms with E-state index in [1.807, 2.05) is 18.2 Å². The average molecular weight is 288 g/mol. The van der Waals surface area contributed by atoms with Crippen molar-refractivity contribution in [3.05, 3.63) is 35.5 Å². The fourth-order valence-corrected chi connectivity index (χ4v) is 3.14. The van der Waals surface area contributed by atoms with Gasteiger partial charge in [0.05, 0.1) is 6.04 Å². The first-order chi connectivity index (χ1) is 10.0. The number of hydrogen-bond acceptors (Lipinski definition) is 3. The molecule has 5 heteroatoms. The fourth-order valence-electron chi connectivity index (χ4n) is 3.14. The standard InChI is InChI=1S/C16H20N2O3/c1-9(2)7-13-15-11(8-14(17-13)21-16(19)20)10-5-3-4-6-12(10)18-15/h3-6,9,13-14,17-18H,7-8H2,1-2H3,(H,19,20). The van der Waals surface area contributed by atoms with Crippen LogP contribution in [-0.4, -0.2) is 22.5 Å². The molecule has 1 aromatic carbocycles. The molecule has 0 aliphatic carbocycles. The Bertz CT molecular complexity index is 663. The molecule has 1 aliphatic heterocycles. The van der Waals surface area contributed by atoms with Crippen LogP contribution in [0.25, 0.3) is 10.9 Å². The van der Waals surface area contributed by atoms with Crippen molar-refractivity contribution in [2.75, 3.05) is 0 Å². The van der Waals surface area contributed by atoms with E-state index in [1.54, 1.807) is 0 Å². The Balaban J connectivity index is 2.01. The van der Waals surface area contributed by atoms with E-state index in [2.05, 4.69) is 30.2 Å². The number of fused-ring (bicyclic) bond motifs is 3. The van der Waals surface area contributed by atoms with Crippen molar-refractivity contribution in [2.24, 2.45) is 5.92 Å². The minimum Gasteiger partial charge on any atom is -0.450 e. The Morgan fingerprint density at radius 1 is 1.43 bits per heavy atom. The highest BCUT2D eigenvalue weighted by molar-refractivity contribution is 5.85. The van der Waals surface area contributed by atoms with Gasteiger partial charge in [0.1, 0.15) is 0 Å². The molecule has 0 bridgehead atoms. The van der Waals surface area contributed by atoms with Crippen molar-refractivity contribution in [1.29, 1.82) is 0 Å². The molecule has 1 aliphatic rings. The van der Waals surface area contributed by atoms with E-state index < -0.39 is 12.4 Å². The van der Waals surface area contributed by atoms with Gasteiger partial charge in [-0.3, -0.25) is 5.32 Å². The predicted molar refractivity (Wildman–Crippen MR) is 80.2 cm³/mol. The molecule has 0 radical (unpaired) electrons. The van der Waals surface area contributed by atoms with Crippen LogP contribution in [0.4, 0.5) is 4.79 Å². The number of para-hydroxylation sites is 1. The molecular weight excluding hydrogens is 268 g/mol. The summed E-state index contributed by atoms with van der Waals surface area (Å²) in [5.74, 6) is 0.505. The second-order valence-corrected chi connectivity index (χ2v) is 5.99. The number of nitrogens with one attached hydrogen (secondary N) is 2. The number of benzene rings is 1. The Morgan fingerprint density at radius 3 is 2.90 bits per heavy atom. The molecule has 3 rings (SSSR count). The van der Waals surface area contributed by atoms with E-state index in [0.717, 1.165) is 23.0 Å². The van der Waals surface area contributed by atoms with Crippen LogP contribution in [0, 0.1) is 5.92 Å². The van der Waals surface area contributed by atoms with Gasteiger partial charge in [-0.25, -0.2) is 4.79 Å². The van der Waals surface area contributed by atoms with Crippen LogP contribution in [0.1, 0.15) is 37.6 Å². The van der Waals surface area contributed by atoms with E-state index in [4.69, 9.17) is 9.84 Å². The lowest BCUT2D eigenvalue weighted by Gasteiger charge is -2.31. The first-order valence-corrected chi connectivity index (χ1v) is 7.29. The second-order valence-electron chi connectivity index (χ2n) is 5.99. The number of H-pyrrole nitrogens is 1. The van der Waals surface area contributed by atoms with Gasteiger partial charge in [0, 0.05) is 23.0 Å². The van der Waals surface area contributed by atoms with Crippen LogP contribution in [0.3, 0.4) is 0 Å². The Morgan fingerprint density at radius 2 is 2.19 bits per heavy atom. The summed E-state index contributed by atoms with van der Waals surface area (Å²) in [6.45, 7) is 4.32. The number of aromatic nitrogens is 1. The molecule has 1 aromatic heterocycles. The topological polar surface area (TPSA) is 74.3 Å². The van der Waals surface area contributed by atoms with Gasteiger partial charge in [-0.1, -0.05) is 32.0 Å². The van der Waals surface area contributed by atoms with Gasteiger partial charge >= 0.3 is 6.16 Å². The summed E-state index contributed by atoms with van der Waals surface area (Å²) in [6, 6.07) is 8.21. The highest BCUT2D eigenvalue weighted by Crippen LogP contribution is 2.34. The minimum atomic E-state index is -1.24. The predicted octanol–water partition coefficient (Wildman–Crippen LogP) is 3.42. The lowest BCUT2D eigenvalue weighted by atomic mass is 9.92. The number of aromatic amines is 1. The fraction of sp³-hybridized carbons (Fsp3) is 0.438. The zero-order valence-electron chi connectivity index (χ0n) is 12.2. The quantitative estimate of drug-likeness (QED) is 0.756. The van der Waals surface area contributed by atoms with Crippen LogP contribution in [-0.2, 0) is 11.2 Å². The largest absolute Gasteiger partial charge is 0.507 e. The monoisotopic (exact) mass is 288 g/mol. The SMILES string of the molecule is CC(C)CC1NC(OC(=O)O)Cc2c1[nH]c1ccccc21. The van der Waals surface area contributed by atoms with E-state index in [-0.39, 0.29) is 6.04 Å². The summed E-state index contributed by atoms with van der Waals surface area (Å²) < 4.78 is 4.97. The van der Waals surface area contributed by atoms with Crippen LogP contribution in [0.2, 0.25) is 0 Å². The molecule has 0 fully saturated rings. The Hall–Kier alpha value is -2.01. The van der Waals surface area contributed by atoms with Gasteiger partial charge in [-0.15, -0.1) is 0 Å². The Labute approximate surface area is 123 Å². The zero-order valence-corrected chi connectivity index (χ0v) is 12.2. The number of carboxylic acid groups (broad SMARTS) is 1.